The van der Waals surface area contributed by atoms with E-state index in [0.717, 1.165) is 0 Å². The quantitative estimate of drug-likeness (QED) is 0.757. The van der Waals surface area contributed by atoms with Crippen LogP contribution in [0.4, 0.5) is 4.79 Å². The van der Waals surface area contributed by atoms with Crippen LogP contribution in [0.15, 0.2) is 0 Å². The van der Waals surface area contributed by atoms with Crippen molar-refractivity contribution < 1.29 is 19.1 Å². The molecule has 1 rings (SSSR count). The van der Waals surface area contributed by atoms with Gasteiger partial charge >= 0.3 is 6.09 Å². The second-order valence-corrected chi connectivity index (χ2v) is 13.7. The second kappa shape index (κ2) is 6.13. The molecule has 0 aliphatic heterocycles. The third-order valence-corrected chi connectivity index (χ3v) is 9.02. The lowest BCUT2D eigenvalue weighted by atomic mass is 10.1. The molecule has 6 heteroatoms. The van der Waals surface area contributed by atoms with Crippen molar-refractivity contribution in [2.75, 3.05) is 6.61 Å². The average Bonchev–Trinajstić information content (AvgIpc) is 2.99. The van der Waals surface area contributed by atoms with Gasteiger partial charge in [0.2, 0.25) is 0 Å². The third-order valence-electron chi connectivity index (χ3n) is 4.52. The Morgan fingerprint density at radius 1 is 1.23 bits per heavy atom. The number of carbonyl (C=O) groups is 1. The first-order valence-corrected chi connectivity index (χ1v) is 10.9. The fourth-order valence-corrected chi connectivity index (χ4v) is 2.78. The zero-order valence-corrected chi connectivity index (χ0v) is 16.4. The molecule has 0 radical (unpaired) electrons. The van der Waals surface area contributed by atoms with Crippen molar-refractivity contribution in [2.24, 2.45) is 0 Å². The molecule has 0 bridgehead atoms. The molecule has 1 atom stereocenters. The summed E-state index contributed by atoms with van der Waals surface area (Å²) in [6.07, 6.45) is 0.875. The molecule has 0 saturated heterocycles. The van der Waals surface area contributed by atoms with Gasteiger partial charge in [-0.2, -0.15) is 0 Å². The molecule has 0 heterocycles. The predicted octanol–water partition coefficient (Wildman–Crippen LogP) is 3.43. The standard InChI is InChI=1S/C16H33NO4Si/c1-14(2,3)21-13(18)17-12(16(19)9-10-16)11-20-22(7,8)15(4,5)6/h12,19H,9-11H2,1-8H3,(H,17,18)/t12-/m1/s1. The lowest BCUT2D eigenvalue weighted by Crippen LogP contribution is -2.52. The molecule has 0 aromatic carbocycles. The molecule has 2 N–H and O–H groups in total. The molecular weight excluding hydrogens is 298 g/mol. The van der Waals surface area contributed by atoms with E-state index in [0.29, 0.717) is 19.4 Å². The van der Waals surface area contributed by atoms with E-state index in [1.165, 1.54) is 0 Å². The smallest absolute Gasteiger partial charge is 0.408 e. The lowest BCUT2D eigenvalue weighted by Gasteiger charge is -2.38. The number of rotatable bonds is 5. The first-order valence-electron chi connectivity index (χ1n) is 8.02. The van der Waals surface area contributed by atoms with Crippen molar-refractivity contribution in [3.05, 3.63) is 0 Å². The SMILES string of the molecule is CC(C)(C)OC(=O)N[C@H](CO[Si](C)(C)C(C)(C)C)C1(O)CC1. The Kier molecular flexibility index (Phi) is 5.42. The van der Waals surface area contributed by atoms with Crippen LogP contribution in [0.3, 0.4) is 0 Å². The molecule has 0 unspecified atom stereocenters. The van der Waals surface area contributed by atoms with Crippen molar-refractivity contribution in [1.29, 1.82) is 0 Å². The van der Waals surface area contributed by atoms with Gasteiger partial charge in [0.15, 0.2) is 8.32 Å². The van der Waals surface area contributed by atoms with Gasteiger partial charge in [-0.25, -0.2) is 4.79 Å². The summed E-state index contributed by atoms with van der Waals surface area (Å²) in [6, 6.07) is -0.420. The van der Waals surface area contributed by atoms with Crippen LogP contribution >= 0.6 is 0 Å². The van der Waals surface area contributed by atoms with Gasteiger partial charge in [-0.15, -0.1) is 0 Å². The molecule has 1 fully saturated rings. The summed E-state index contributed by atoms with van der Waals surface area (Å²) in [6.45, 7) is 16.6. The maximum Gasteiger partial charge on any atom is 0.408 e. The van der Waals surface area contributed by atoms with Gasteiger partial charge in [-0.05, 0) is 51.7 Å². The van der Waals surface area contributed by atoms with Crippen LogP contribution in [-0.4, -0.2) is 43.4 Å². The Morgan fingerprint density at radius 2 is 1.73 bits per heavy atom. The van der Waals surface area contributed by atoms with Crippen molar-refractivity contribution in [3.63, 3.8) is 0 Å². The summed E-state index contributed by atoms with van der Waals surface area (Å²) in [5, 5.41) is 13.3. The maximum atomic E-state index is 12.0. The average molecular weight is 332 g/mol. The largest absolute Gasteiger partial charge is 0.444 e. The number of carbonyl (C=O) groups excluding carboxylic acids is 1. The second-order valence-electron chi connectivity index (χ2n) is 8.87. The van der Waals surface area contributed by atoms with Gasteiger partial charge in [0, 0.05) is 0 Å². The molecule has 1 saturated carbocycles. The van der Waals surface area contributed by atoms with Gasteiger partial charge in [-0.3, -0.25) is 0 Å². The Balaban J connectivity index is 2.66. The van der Waals surface area contributed by atoms with Gasteiger partial charge < -0.3 is 19.6 Å². The first-order chi connectivity index (χ1) is 9.66. The number of hydrogen-bond donors (Lipinski definition) is 2. The minimum Gasteiger partial charge on any atom is -0.444 e. The van der Waals surface area contributed by atoms with E-state index in [1.54, 1.807) is 0 Å². The maximum absolute atomic E-state index is 12.0. The summed E-state index contributed by atoms with van der Waals surface area (Å²) >= 11 is 0. The highest BCUT2D eigenvalue weighted by Crippen LogP contribution is 2.41. The zero-order chi connectivity index (χ0) is 17.4. The predicted molar refractivity (Wildman–Crippen MR) is 90.5 cm³/mol. The molecule has 1 aliphatic carbocycles. The van der Waals surface area contributed by atoms with E-state index in [4.69, 9.17) is 9.16 Å². The van der Waals surface area contributed by atoms with Crippen LogP contribution < -0.4 is 5.32 Å². The van der Waals surface area contributed by atoms with E-state index in [2.05, 4.69) is 39.2 Å². The monoisotopic (exact) mass is 331 g/mol. The number of alkyl carbamates (subject to hydrolysis) is 1. The summed E-state index contributed by atoms with van der Waals surface area (Å²) in [7, 11) is -1.92. The molecule has 22 heavy (non-hydrogen) atoms. The van der Waals surface area contributed by atoms with Crippen molar-refractivity contribution in [1.82, 2.24) is 5.32 Å². The van der Waals surface area contributed by atoms with E-state index in [1.807, 2.05) is 20.8 Å². The number of aliphatic hydroxyl groups is 1. The summed E-state index contributed by atoms with van der Waals surface area (Å²) < 4.78 is 11.4. The molecule has 1 aliphatic rings. The van der Waals surface area contributed by atoms with Crippen LogP contribution in [-0.2, 0) is 9.16 Å². The van der Waals surface area contributed by atoms with Crippen LogP contribution in [0.2, 0.25) is 18.1 Å². The summed E-state index contributed by atoms with van der Waals surface area (Å²) in [5.74, 6) is 0. The highest BCUT2D eigenvalue weighted by atomic mass is 28.4. The minimum atomic E-state index is -1.92. The zero-order valence-electron chi connectivity index (χ0n) is 15.4. The summed E-state index contributed by atoms with van der Waals surface area (Å²) in [4.78, 5) is 12.0. The van der Waals surface area contributed by atoms with Crippen LogP contribution in [0.1, 0.15) is 54.4 Å². The fourth-order valence-electron chi connectivity index (χ4n) is 1.77. The number of amides is 1. The fraction of sp³-hybridized carbons (Fsp3) is 0.938. The Morgan fingerprint density at radius 3 is 2.09 bits per heavy atom. The summed E-state index contributed by atoms with van der Waals surface area (Å²) in [5.41, 5.74) is -1.40. The highest BCUT2D eigenvalue weighted by Gasteiger charge is 2.50. The lowest BCUT2D eigenvalue weighted by molar-refractivity contribution is 0.0302. The van der Waals surface area contributed by atoms with Gasteiger partial charge in [0.1, 0.15) is 5.60 Å². The van der Waals surface area contributed by atoms with E-state index < -0.39 is 31.7 Å². The highest BCUT2D eigenvalue weighted by molar-refractivity contribution is 6.74. The normalized spacial score (nSPS) is 19.5. The Bertz CT molecular complexity index is 405. The Labute approximate surface area is 135 Å². The van der Waals surface area contributed by atoms with Crippen molar-refractivity contribution in [2.45, 2.75) is 89.8 Å². The molecule has 0 aromatic rings. The van der Waals surface area contributed by atoms with E-state index in [9.17, 15) is 9.90 Å². The molecule has 5 nitrogen and oxygen atoms in total. The van der Waals surface area contributed by atoms with Crippen LogP contribution in [0.25, 0.3) is 0 Å². The number of nitrogens with one attached hydrogen (secondary N) is 1. The molecular formula is C16H33NO4Si. The Hall–Kier alpha value is -0.593. The molecule has 130 valence electrons. The van der Waals surface area contributed by atoms with Crippen LogP contribution in [0, 0.1) is 0 Å². The number of ether oxygens (including phenoxy) is 1. The third kappa shape index (κ3) is 5.55. The number of hydrogen-bond acceptors (Lipinski definition) is 4. The van der Waals surface area contributed by atoms with Crippen molar-refractivity contribution in [3.8, 4) is 0 Å². The molecule has 1 amide bonds. The topological polar surface area (TPSA) is 67.8 Å². The minimum absolute atomic E-state index is 0.0929. The molecule has 0 spiro atoms. The van der Waals surface area contributed by atoms with Crippen LogP contribution in [0.5, 0.6) is 0 Å². The molecule has 0 aromatic heterocycles. The van der Waals surface area contributed by atoms with Gasteiger partial charge in [0.05, 0.1) is 18.2 Å². The first kappa shape index (κ1) is 19.5. The van der Waals surface area contributed by atoms with Gasteiger partial charge in [-0.1, -0.05) is 20.8 Å². The van der Waals surface area contributed by atoms with E-state index >= 15 is 0 Å². The van der Waals surface area contributed by atoms with Crippen molar-refractivity contribution >= 4 is 14.4 Å². The van der Waals surface area contributed by atoms with E-state index in [-0.39, 0.29) is 5.04 Å². The van der Waals surface area contributed by atoms with Gasteiger partial charge in [0.25, 0.3) is 0 Å².